The van der Waals surface area contributed by atoms with Crippen LogP contribution in [0, 0.1) is 0 Å². The smallest absolute Gasteiger partial charge is 0.120 e. The van der Waals surface area contributed by atoms with Gasteiger partial charge in [-0.2, -0.15) is 0 Å². The van der Waals surface area contributed by atoms with E-state index in [2.05, 4.69) is 39.3 Å². The van der Waals surface area contributed by atoms with Gasteiger partial charge < -0.3 is 9.30 Å². The molecule has 0 spiro atoms. The molecule has 0 aliphatic carbocycles. The van der Waals surface area contributed by atoms with Crippen molar-refractivity contribution in [2.75, 3.05) is 0 Å². The first kappa shape index (κ1) is 12.7. The predicted octanol–water partition coefficient (Wildman–Crippen LogP) is 2.61. The largest absolute Gasteiger partial charge is 0.491 e. The highest BCUT2D eigenvalue weighted by atomic mass is 16.5. The second kappa shape index (κ2) is 5.00. The maximum Gasteiger partial charge on any atom is 0.120 e. The van der Waals surface area contributed by atoms with Crippen molar-refractivity contribution in [3.05, 3.63) is 42.4 Å². The highest BCUT2D eigenvalue weighted by Crippen LogP contribution is 2.23. The molecule has 0 saturated heterocycles. The van der Waals surface area contributed by atoms with E-state index in [1.165, 1.54) is 10.9 Å². The van der Waals surface area contributed by atoms with Crippen LogP contribution in [0.1, 0.15) is 19.5 Å². The Kier molecular flexibility index (Phi) is 3.18. The van der Waals surface area contributed by atoms with Crippen LogP contribution in [-0.2, 0) is 13.6 Å². The van der Waals surface area contributed by atoms with E-state index in [9.17, 15) is 0 Å². The Labute approximate surface area is 117 Å². The van der Waals surface area contributed by atoms with Crippen LogP contribution >= 0.6 is 0 Å². The fourth-order valence-corrected chi connectivity index (χ4v) is 2.30. The average molecular weight is 270 g/mol. The molecule has 0 bridgehead atoms. The van der Waals surface area contributed by atoms with Crippen LogP contribution in [0.3, 0.4) is 0 Å². The molecule has 3 rings (SSSR count). The molecule has 5 nitrogen and oxygen atoms in total. The van der Waals surface area contributed by atoms with E-state index >= 15 is 0 Å². The summed E-state index contributed by atoms with van der Waals surface area (Å²) in [5.74, 6) is 0.907. The second-order valence-electron chi connectivity index (χ2n) is 5.21. The molecule has 2 heterocycles. The summed E-state index contributed by atoms with van der Waals surface area (Å²) in [5, 5.41) is 9.25. The summed E-state index contributed by atoms with van der Waals surface area (Å²) in [4.78, 5) is 0. The van der Waals surface area contributed by atoms with Crippen molar-refractivity contribution in [1.82, 2.24) is 19.6 Å². The summed E-state index contributed by atoms with van der Waals surface area (Å²) in [6.45, 7) is 4.79. The number of aromatic nitrogens is 4. The highest BCUT2D eigenvalue weighted by Gasteiger charge is 2.06. The van der Waals surface area contributed by atoms with Crippen LogP contribution in [0.25, 0.3) is 10.9 Å². The van der Waals surface area contributed by atoms with Crippen molar-refractivity contribution in [2.45, 2.75) is 26.5 Å². The fraction of sp³-hybridized carbons (Fsp3) is 0.333. The average Bonchev–Trinajstić information content (AvgIpc) is 2.96. The Hall–Kier alpha value is -2.30. The van der Waals surface area contributed by atoms with Crippen molar-refractivity contribution < 1.29 is 4.74 Å². The molecule has 0 fully saturated rings. The normalized spacial score (nSPS) is 11.4. The molecule has 20 heavy (non-hydrogen) atoms. The summed E-state index contributed by atoms with van der Waals surface area (Å²) >= 11 is 0. The van der Waals surface area contributed by atoms with Gasteiger partial charge in [0.05, 0.1) is 12.6 Å². The summed E-state index contributed by atoms with van der Waals surface area (Å²) in [5.41, 5.74) is 2.12. The zero-order valence-corrected chi connectivity index (χ0v) is 11.9. The number of benzene rings is 1. The zero-order valence-electron chi connectivity index (χ0n) is 11.9. The fourth-order valence-electron chi connectivity index (χ4n) is 2.30. The minimum Gasteiger partial charge on any atom is -0.491 e. The molecule has 3 aromatic rings. The van der Waals surface area contributed by atoms with Crippen LogP contribution < -0.4 is 4.74 Å². The van der Waals surface area contributed by atoms with Crippen LogP contribution in [-0.4, -0.2) is 25.7 Å². The lowest BCUT2D eigenvalue weighted by atomic mass is 10.2. The summed E-state index contributed by atoms with van der Waals surface area (Å²) in [7, 11) is 1.87. The molecule has 0 N–H and O–H groups in total. The molecule has 0 atom stereocenters. The minimum atomic E-state index is 0.189. The third kappa shape index (κ3) is 2.52. The van der Waals surface area contributed by atoms with Gasteiger partial charge in [-0.1, -0.05) is 5.21 Å². The van der Waals surface area contributed by atoms with Gasteiger partial charge in [0, 0.05) is 30.3 Å². The minimum absolute atomic E-state index is 0.189. The van der Waals surface area contributed by atoms with Crippen LogP contribution in [0.4, 0.5) is 0 Å². The van der Waals surface area contributed by atoms with Crippen LogP contribution in [0.15, 0.2) is 36.7 Å². The van der Waals surface area contributed by atoms with Gasteiger partial charge >= 0.3 is 0 Å². The molecule has 1 aromatic carbocycles. The van der Waals surface area contributed by atoms with Gasteiger partial charge in [-0.05, 0) is 38.1 Å². The summed E-state index contributed by atoms with van der Waals surface area (Å²) in [6, 6.07) is 8.26. The number of hydrogen-bond donors (Lipinski definition) is 0. The predicted molar refractivity (Wildman–Crippen MR) is 77.8 cm³/mol. The standard InChI is InChI=1S/C15H18N4O/c1-11(2)20-14-4-5-15-12(8-14)6-7-19(15)10-13-9-18(3)17-16-13/h4-9,11H,10H2,1-3H3. The number of hydrogen-bond acceptors (Lipinski definition) is 3. The molecule has 0 saturated carbocycles. The Morgan fingerprint density at radius 3 is 2.80 bits per heavy atom. The molecule has 0 aliphatic heterocycles. The third-order valence-corrected chi connectivity index (χ3v) is 3.10. The van der Waals surface area contributed by atoms with E-state index in [4.69, 9.17) is 4.74 Å². The Bertz CT molecular complexity index is 726. The molecule has 0 unspecified atom stereocenters. The topological polar surface area (TPSA) is 44.9 Å². The van der Waals surface area contributed by atoms with Crippen molar-refractivity contribution in [3.63, 3.8) is 0 Å². The monoisotopic (exact) mass is 270 g/mol. The van der Waals surface area contributed by atoms with E-state index in [0.29, 0.717) is 0 Å². The molecule has 5 heteroatoms. The number of rotatable bonds is 4. The Morgan fingerprint density at radius 1 is 1.25 bits per heavy atom. The van der Waals surface area contributed by atoms with E-state index in [1.54, 1.807) is 4.68 Å². The molecular weight excluding hydrogens is 252 g/mol. The van der Waals surface area contributed by atoms with Crippen molar-refractivity contribution in [3.8, 4) is 5.75 Å². The first-order valence-electron chi connectivity index (χ1n) is 6.72. The maximum absolute atomic E-state index is 5.72. The molecule has 104 valence electrons. The molecule has 0 amide bonds. The van der Waals surface area contributed by atoms with E-state index in [-0.39, 0.29) is 6.10 Å². The Morgan fingerprint density at radius 2 is 2.10 bits per heavy atom. The quantitative estimate of drug-likeness (QED) is 0.732. The lowest BCUT2D eigenvalue weighted by Gasteiger charge is -2.10. The van der Waals surface area contributed by atoms with Gasteiger partial charge in [-0.15, -0.1) is 5.10 Å². The third-order valence-electron chi connectivity index (χ3n) is 3.10. The zero-order chi connectivity index (χ0) is 14.1. The number of ether oxygens (including phenoxy) is 1. The molecular formula is C15H18N4O. The molecule has 0 aliphatic rings. The van der Waals surface area contributed by atoms with Gasteiger partial charge in [0.25, 0.3) is 0 Å². The van der Waals surface area contributed by atoms with Crippen LogP contribution in [0.5, 0.6) is 5.75 Å². The van der Waals surface area contributed by atoms with E-state index < -0.39 is 0 Å². The maximum atomic E-state index is 5.72. The molecule has 0 radical (unpaired) electrons. The highest BCUT2D eigenvalue weighted by molar-refractivity contribution is 5.81. The lowest BCUT2D eigenvalue weighted by Crippen LogP contribution is -2.05. The second-order valence-corrected chi connectivity index (χ2v) is 5.21. The Balaban J connectivity index is 1.89. The first-order valence-corrected chi connectivity index (χ1v) is 6.72. The van der Waals surface area contributed by atoms with Crippen LogP contribution in [0.2, 0.25) is 0 Å². The van der Waals surface area contributed by atoms with Gasteiger partial charge in [0.15, 0.2) is 0 Å². The van der Waals surface area contributed by atoms with Crippen molar-refractivity contribution in [1.29, 1.82) is 0 Å². The van der Waals surface area contributed by atoms with Gasteiger partial charge in [0.2, 0.25) is 0 Å². The summed E-state index contributed by atoms with van der Waals surface area (Å²) < 4.78 is 9.60. The van der Waals surface area contributed by atoms with Gasteiger partial charge in [0.1, 0.15) is 11.4 Å². The van der Waals surface area contributed by atoms with Gasteiger partial charge in [-0.25, -0.2) is 0 Å². The SMILES string of the molecule is CC(C)Oc1ccc2c(ccn2Cc2cn(C)nn2)c1. The number of nitrogens with zero attached hydrogens (tertiary/aromatic N) is 4. The number of aryl methyl sites for hydroxylation is 1. The molecule has 2 aromatic heterocycles. The summed E-state index contributed by atoms with van der Waals surface area (Å²) in [6.07, 6.45) is 4.19. The van der Waals surface area contributed by atoms with E-state index in [1.807, 2.05) is 33.2 Å². The van der Waals surface area contributed by atoms with Gasteiger partial charge in [-0.3, -0.25) is 4.68 Å². The van der Waals surface area contributed by atoms with E-state index in [0.717, 1.165) is 18.0 Å². The van der Waals surface area contributed by atoms with Crippen molar-refractivity contribution in [2.24, 2.45) is 7.05 Å². The first-order chi connectivity index (χ1) is 9.61. The van der Waals surface area contributed by atoms with Crippen molar-refractivity contribution >= 4 is 10.9 Å². The lowest BCUT2D eigenvalue weighted by molar-refractivity contribution is 0.243. The number of fused-ring (bicyclic) bond motifs is 1.